The van der Waals surface area contributed by atoms with E-state index in [0.29, 0.717) is 5.17 Å². The summed E-state index contributed by atoms with van der Waals surface area (Å²) < 4.78 is 0. The molecule has 1 saturated heterocycles. The smallest absolute Gasteiger partial charge is 0.481 e. The predicted molar refractivity (Wildman–Crippen MR) is 83.2 cm³/mol. The van der Waals surface area contributed by atoms with Gasteiger partial charge in [-0.2, -0.15) is 5.10 Å². The van der Waals surface area contributed by atoms with Crippen LogP contribution in [0.3, 0.4) is 0 Å². The zero-order chi connectivity index (χ0) is 15.1. The van der Waals surface area contributed by atoms with Crippen molar-refractivity contribution in [1.82, 2.24) is 5.32 Å². The number of aliphatic carboxylic acids is 1. The van der Waals surface area contributed by atoms with Crippen LogP contribution in [-0.4, -0.2) is 33.6 Å². The van der Waals surface area contributed by atoms with Gasteiger partial charge in [-0.3, -0.25) is 9.59 Å². The molecule has 1 aliphatic heterocycles. The number of amidine groups is 1. The van der Waals surface area contributed by atoms with Gasteiger partial charge < -0.3 is 10.4 Å². The van der Waals surface area contributed by atoms with E-state index in [9.17, 15) is 9.59 Å². The first kappa shape index (κ1) is 18.6. The molecule has 1 amide bonds. The molecule has 2 N–H and O–H groups in total. The summed E-state index contributed by atoms with van der Waals surface area (Å²) in [7, 11) is 0. The van der Waals surface area contributed by atoms with E-state index < -0.39 is 11.2 Å². The Morgan fingerprint density at radius 3 is 2.77 bits per heavy atom. The molecule has 0 radical (unpaired) electrons. The Labute approximate surface area is 154 Å². The second-order valence-corrected chi connectivity index (χ2v) is 5.32. The van der Waals surface area contributed by atoms with Crippen LogP contribution in [0, 0.1) is 0 Å². The van der Waals surface area contributed by atoms with Crippen LogP contribution in [0.4, 0.5) is 0 Å². The van der Waals surface area contributed by atoms with Crippen LogP contribution in [0.5, 0.6) is 0 Å². The van der Waals surface area contributed by atoms with Crippen molar-refractivity contribution in [3.63, 3.8) is 0 Å². The first-order valence-corrected chi connectivity index (χ1v) is 7.05. The molecule has 1 aromatic rings. The molecule has 22 heavy (non-hydrogen) atoms. The van der Waals surface area contributed by atoms with Crippen LogP contribution in [0.2, 0.25) is 0 Å². The topological polar surface area (TPSA) is 91.1 Å². The number of carbonyl (C=O) groups is 2. The van der Waals surface area contributed by atoms with Crippen LogP contribution < -0.4 is 34.9 Å². The first-order chi connectivity index (χ1) is 10.1. The molecule has 1 heterocycles. The van der Waals surface area contributed by atoms with E-state index in [1.165, 1.54) is 6.21 Å². The SMILES string of the molecule is O=C(O)CC1S/C(=N/N=C/C=C/c2ccccc2)NC1=O.[Na+]. The number of allylic oxidation sites excluding steroid dienone is 1. The number of amides is 1. The van der Waals surface area contributed by atoms with Gasteiger partial charge in [-0.25, -0.2) is 0 Å². The Morgan fingerprint density at radius 1 is 1.36 bits per heavy atom. The number of rotatable bonds is 5. The number of nitrogens with one attached hydrogen (secondary N) is 1. The van der Waals surface area contributed by atoms with Crippen molar-refractivity contribution in [3.8, 4) is 0 Å². The molecule has 1 unspecified atom stereocenters. The molecule has 8 heteroatoms. The molecular formula is C14H13N3NaO3S+. The standard InChI is InChI=1S/C14H13N3O3S.Na/c18-12(19)9-11-13(20)16-14(21-11)17-15-8-4-7-10-5-2-1-3-6-10;/h1-8,11H,9H2,(H,18,19)(H,16,17,20);/q;+1/b7-4+,15-8+;. The van der Waals surface area contributed by atoms with Gasteiger partial charge in [0.15, 0.2) is 5.17 Å². The number of thioether (sulfide) groups is 1. The van der Waals surface area contributed by atoms with E-state index in [-0.39, 0.29) is 41.9 Å². The fourth-order valence-corrected chi connectivity index (χ4v) is 2.50. The molecule has 2 rings (SSSR count). The molecule has 6 nitrogen and oxygen atoms in total. The quantitative estimate of drug-likeness (QED) is 0.402. The second-order valence-electron chi connectivity index (χ2n) is 4.13. The Bertz CT molecular complexity index is 617. The Kier molecular flexibility index (Phi) is 8.11. The third kappa shape index (κ3) is 6.15. The van der Waals surface area contributed by atoms with Gasteiger partial charge in [-0.1, -0.05) is 48.2 Å². The van der Waals surface area contributed by atoms with Crippen LogP contribution in [0.25, 0.3) is 6.08 Å². The number of hydrogen-bond acceptors (Lipinski definition) is 5. The summed E-state index contributed by atoms with van der Waals surface area (Å²) >= 11 is 1.07. The number of carboxylic acid groups (broad SMARTS) is 1. The summed E-state index contributed by atoms with van der Waals surface area (Å²) in [5.74, 6) is -1.37. The average molecular weight is 326 g/mol. The molecule has 0 aliphatic carbocycles. The van der Waals surface area contributed by atoms with Crippen molar-refractivity contribution in [2.75, 3.05) is 0 Å². The van der Waals surface area contributed by atoms with Gasteiger partial charge in [0.05, 0.1) is 6.42 Å². The molecular weight excluding hydrogens is 313 g/mol. The normalized spacial score (nSPS) is 19.5. The molecule has 0 spiro atoms. The van der Waals surface area contributed by atoms with Crippen LogP contribution in [0.1, 0.15) is 12.0 Å². The van der Waals surface area contributed by atoms with Gasteiger partial charge in [0.1, 0.15) is 5.25 Å². The van der Waals surface area contributed by atoms with Crippen LogP contribution >= 0.6 is 11.8 Å². The maximum atomic E-state index is 11.5. The molecule has 0 saturated carbocycles. The largest absolute Gasteiger partial charge is 1.00 e. The van der Waals surface area contributed by atoms with Gasteiger partial charge in [-0.05, 0) is 11.6 Å². The minimum absolute atomic E-state index is 0. The first-order valence-electron chi connectivity index (χ1n) is 6.17. The van der Waals surface area contributed by atoms with Gasteiger partial charge in [0.2, 0.25) is 5.91 Å². The maximum absolute atomic E-state index is 11.5. The monoisotopic (exact) mass is 326 g/mol. The molecule has 0 bridgehead atoms. The van der Waals surface area contributed by atoms with Crippen molar-refractivity contribution in [3.05, 3.63) is 42.0 Å². The Hall–Kier alpha value is -1.41. The molecule has 0 aromatic heterocycles. The Balaban J connectivity index is 0.00000242. The minimum Gasteiger partial charge on any atom is -0.481 e. The summed E-state index contributed by atoms with van der Waals surface area (Å²) in [4.78, 5) is 22.0. The van der Waals surface area contributed by atoms with Gasteiger partial charge in [0.25, 0.3) is 0 Å². The van der Waals surface area contributed by atoms with Gasteiger partial charge in [0, 0.05) is 6.21 Å². The van der Waals surface area contributed by atoms with Gasteiger partial charge in [-0.15, -0.1) is 5.10 Å². The number of carboxylic acids is 1. The number of hydrogen-bond donors (Lipinski definition) is 2. The molecule has 1 aliphatic rings. The van der Waals surface area contributed by atoms with Gasteiger partial charge >= 0.3 is 35.5 Å². The van der Waals surface area contributed by atoms with E-state index >= 15 is 0 Å². The van der Waals surface area contributed by atoms with E-state index in [0.717, 1.165) is 17.3 Å². The zero-order valence-electron chi connectivity index (χ0n) is 12.0. The maximum Gasteiger partial charge on any atom is 1.00 e. The van der Waals surface area contributed by atoms with Crippen molar-refractivity contribution in [2.45, 2.75) is 11.7 Å². The van der Waals surface area contributed by atoms with Crippen molar-refractivity contribution >= 4 is 41.1 Å². The van der Waals surface area contributed by atoms with Crippen molar-refractivity contribution in [1.29, 1.82) is 0 Å². The van der Waals surface area contributed by atoms with E-state index in [2.05, 4.69) is 15.5 Å². The summed E-state index contributed by atoms with van der Waals surface area (Å²) in [5.41, 5.74) is 1.04. The Morgan fingerprint density at radius 2 is 2.09 bits per heavy atom. The van der Waals surface area contributed by atoms with Crippen LogP contribution in [-0.2, 0) is 9.59 Å². The number of nitrogens with zero attached hydrogens (tertiary/aromatic N) is 2. The number of carbonyl (C=O) groups excluding carboxylic acids is 1. The average Bonchev–Trinajstić information content (AvgIpc) is 2.79. The minimum atomic E-state index is -1.02. The second kappa shape index (κ2) is 9.58. The molecule has 1 aromatic carbocycles. The molecule has 1 fully saturated rings. The third-order valence-electron chi connectivity index (χ3n) is 2.53. The number of benzene rings is 1. The van der Waals surface area contributed by atoms with Crippen molar-refractivity contribution < 1.29 is 44.3 Å². The summed E-state index contributed by atoms with van der Waals surface area (Å²) in [5, 5.41) is 18.5. The predicted octanol–water partition coefficient (Wildman–Crippen LogP) is -1.25. The third-order valence-corrected chi connectivity index (χ3v) is 3.60. The van der Waals surface area contributed by atoms with E-state index in [4.69, 9.17) is 5.11 Å². The van der Waals surface area contributed by atoms with Crippen LogP contribution in [0.15, 0.2) is 46.6 Å². The molecule has 108 valence electrons. The van der Waals surface area contributed by atoms with Crippen molar-refractivity contribution in [2.24, 2.45) is 10.2 Å². The fraction of sp³-hybridized carbons (Fsp3) is 0.143. The fourth-order valence-electron chi connectivity index (χ4n) is 1.59. The zero-order valence-corrected chi connectivity index (χ0v) is 14.8. The molecule has 1 atom stereocenters. The summed E-state index contributed by atoms with van der Waals surface area (Å²) in [6.07, 6.45) is 4.87. The van der Waals surface area contributed by atoms with E-state index in [1.54, 1.807) is 6.08 Å². The summed E-state index contributed by atoms with van der Waals surface area (Å²) in [6, 6.07) is 9.72. The summed E-state index contributed by atoms with van der Waals surface area (Å²) in [6.45, 7) is 0. The van der Waals surface area contributed by atoms with E-state index in [1.807, 2.05) is 36.4 Å².